The van der Waals surface area contributed by atoms with E-state index in [1.54, 1.807) is 0 Å². The minimum atomic E-state index is 1.19. The number of benzene rings is 3. The second-order valence-corrected chi connectivity index (χ2v) is 4.94. The third-order valence-corrected chi connectivity index (χ3v) is 3.72. The topological polar surface area (TPSA) is 3.88 Å². The summed E-state index contributed by atoms with van der Waals surface area (Å²) in [5, 5.41) is 3.85. The van der Waals surface area contributed by atoms with Gasteiger partial charge in [-0.1, -0.05) is 48.5 Å². The molecule has 4 rings (SSSR count). The Balaban J connectivity index is 2.19. The average Bonchev–Trinajstić information content (AvgIpc) is 2.55. The van der Waals surface area contributed by atoms with Crippen LogP contribution in [0, 0.1) is 0 Å². The molecule has 1 aromatic heterocycles. The Bertz CT molecular complexity index is 895. The van der Waals surface area contributed by atoms with E-state index in [0.29, 0.717) is 0 Å². The highest BCUT2D eigenvalue weighted by atomic mass is 15.0. The van der Waals surface area contributed by atoms with Gasteiger partial charge in [0, 0.05) is 29.0 Å². The van der Waals surface area contributed by atoms with Gasteiger partial charge in [0.25, 0.3) is 0 Å². The highest BCUT2D eigenvalue weighted by Crippen LogP contribution is 2.22. The number of aromatic nitrogens is 1. The van der Waals surface area contributed by atoms with E-state index in [0.717, 1.165) is 0 Å². The highest BCUT2D eigenvalue weighted by molar-refractivity contribution is 6.03. The number of para-hydroxylation sites is 2. The maximum atomic E-state index is 2.26. The van der Waals surface area contributed by atoms with Crippen molar-refractivity contribution in [2.75, 3.05) is 0 Å². The van der Waals surface area contributed by atoms with E-state index in [9.17, 15) is 0 Å². The van der Waals surface area contributed by atoms with Gasteiger partial charge in [0.1, 0.15) is 0 Å². The quantitative estimate of drug-likeness (QED) is 0.354. The minimum Gasteiger partial charge on any atom is -0.159 e. The Morgan fingerprint density at radius 1 is 0.550 bits per heavy atom. The van der Waals surface area contributed by atoms with Crippen LogP contribution in [0.25, 0.3) is 27.4 Å². The van der Waals surface area contributed by atoms with E-state index in [2.05, 4.69) is 83.6 Å². The van der Waals surface area contributed by atoms with Crippen LogP contribution < -0.4 is 4.57 Å². The zero-order valence-electron chi connectivity index (χ0n) is 11.0. The molecule has 0 amide bonds. The maximum absolute atomic E-state index is 2.26. The predicted octanol–water partition coefficient (Wildman–Crippen LogP) is 4.27. The van der Waals surface area contributed by atoms with Crippen LogP contribution in [0.15, 0.2) is 85.1 Å². The van der Waals surface area contributed by atoms with Gasteiger partial charge in [-0.2, -0.15) is 4.57 Å². The Morgan fingerprint density at radius 2 is 1.20 bits per heavy atom. The molecule has 0 saturated carbocycles. The van der Waals surface area contributed by atoms with Crippen molar-refractivity contribution in [2.45, 2.75) is 0 Å². The summed E-state index contributed by atoms with van der Waals surface area (Å²) in [7, 11) is 0. The molecule has 0 aliphatic heterocycles. The van der Waals surface area contributed by atoms with Crippen LogP contribution >= 0.6 is 0 Å². The van der Waals surface area contributed by atoms with Gasteiger partial charge in [-0.15, -0.1) is 0 Å². The smallest absolute Gasteiger partial charge is 0.159 e. The van der Waals surface area contributed by atoms with Crippen molar-refractivity contribution in [1.29, 1.82) is 0 Å². The lowest BCUT2D eigenvalue weighted by Gasteiger charge is -2.04. The first-order valence-electron chi connectivity index (χ1n) is 6.81. The maximum Gasteiger partial charge on any atom is 0.219 e. The fourth-order valence-electron chi connectivity index (χ4n) is 2.78. The Hall–Kier alpha value is -2.67. The average molecular weight is 256 g/mol. The number of rotatable bonds is 1. The van der Waals surface area contributed by atoms with Crippen molar-refractivity contribution >= 4 is 21.7 Å². The number of nitrogens with zero attached hydrogens (tertiary/aromatic N) is 1. The summed E-state index contributed by atoms with van der Waals surface area (Å²) in [4.78, 5) is 0. The summed E-state index contributed by atoms with van der Waals surface area (Å²) >= 11 is 0. The molecule has 0 radical (unpaired) electrons. The number of hydrogen-bond donors (Lipinski definition) is 0. The van der Waals surface area contributed by atoms with Crippen molar-refractivity contribution in [3.8, 4) is 5.69 Å². The standard InChI is InChI=1S/C19H14N/c1-2-9-16(10-3-1)20-14-15-8-4-5-11-17(15)18-12-6-7-13-19(18)20/h1-14H/q+1. The number of pyridine rings is 1. The fraction of sp³-hybridized carbons (Fsp3) is 0. The second kappa shape index (κ2) is 4.46. The Morgan fingerprint density at radius 3 is 2.05 bits per heavy atom. The van der Waals surface area contributed by atoms with Crippen molar-refractivity contribution in [3.05, 3.63) is 85.1 Å². The largest absolute Gasteiger partial charge is 0.219 e. The van der Waals surface area contributed by atoms with E-state index in [4.69, 9.17) is 0 Å². The van der Waals surface area contributed by atoms with Crippen LogP contribution in [0.1, 0.15) is 0 Å². The molecule has 0 unspecified atom stereocenters. The van der Waals surface area contributed by atoms with Crippen LogP contribution in [-0.2, 0) is 0 Å². The van der Waals surface area contributed by atoms with E-state index in [1.165, 1.54) is 27.4 Å². The lowest BCUT2D eigenvalue weighted by molar-refractivity contribution is -0.565. The van der Waals surface area contributed by atoms with Crippen molar-refractivity contribution in [1.82, 2.24) is 0 Å². The number of hydrogen-bond acceptors (Lipinski definition) is 0. The Kier molecular flexibility index (Phi) is 2.49. The molecule has 1 heteroatoms. The first-order chi connectivity index (χ1) is 9.93. The molecular weight excluding hydrogens is 242 g/mol. The van der Waals surface area contributed by atoms with Gasteiger partial charge in [-0.05, 0) is 12.1 Å². The summed E-state index contributed by atoms with van der Waals surface area (Å²) in [5.41, 5.74) is 2.42. The molecule has 1 nitrogen and oxygen atoms in total. The lowest BCUT2D eigenvalue weighted by Crippen LogP contribution is -2.31. The summed E-state index contributed by atoms with van der Waals surface area (Å²) < 4.78 is 2.26. The zero-order valence-corrected chi connectivity index (χ0v) is 11.0. The van der Waals surface area contributed by atoms with Gasteiger partial charge in [0.2, 0.25) is 11.2 Å². The van der Waals surface area contributed by atoms with Gasteiger partial charge in [0.05, 0.1) is 5.39 Å². The van der Waals surface area contributed by atoms with Crippen LogP contribution in [0.5, 0.6) is 0 Å². The molecule has 20 heavy (non-hydrogen) atoms. The van der Waals surface area contributed by atoms with Gasteiger partial charge in [0.15, 0.2) is 6.20 Å². The first kappa shape index (κ1) is 11.2. The van der Waals surface area contributed by atoms with E-state index < -0.39 is 0 Å². The van der Waals surface area contributed by atoms with Crippen LogP contribution in [0.4, 0.5) is 0 Å². The molecule has 4 aromatic rings. The summed E-state index contributed by atoms with van der Waals surface area (Å²) in [6, 6.07) is 27.6. The molecule has 1 heterocycles. The third kappa shape index (κ3) is 1.68. The molecular formula is C19H14N+. The van der Waals surface area contributed by atoms with Crippen molar-refractivity contribution in [2.24, 2.45) is 0 Å². The van der Waals surface area contributed by atoms with Crippen molar-refractivity contribution in [3.63, 3.8) is 0 Å². The first-order valence-corrected chi connectivity index (χ1v) is 6.81. The molecule has 0 aliphatic rings. The zero-order chi connectivity index (χ0) is 13.4. The van der Waals surface area contributed by atoms with E-state index in [1.807, 2.05) is 6.07 Å². The number of fused-ring (bicyclic) bond motifs is 3. The van der Waals surface area contributed by atoms with Gasteiger partial charge in [-0.3, -0.25) is 0 Å². The molecule has 3 aromatic carbocycles. The minimum absolute atomic E-state index is 1.19. The SMILES string of the molecule is c1ccc(-[n+]2cc3ccccc3c3ccccc32)cc1. The molecule has 0 fully saturated rings. The fourth-order valence-corrected chi connectivity index (χ4v) is 2.78. The summed E-state index contributed by atoms with van der Waals surface area (Å²) in [5.74, 6) is 0. The van der Waals surface area contributed by atoms with E-state index in [-0.39, 0.29) is 0 Å². The van der Waals surface area contributed by atoms with E-state index >= 15 is 0 Å². The van der Waals surface area contributed by atoms with Gasteiger partial charge >= 0.3 is 0 Å². The second-order valence-electron chi connectivity index (χ2n) is 4.94. The van der Waals surface area contributed by atoms with Crippen LogP contribution in [0.3, 0.4) is 0 Å². The lowest BCUT2D eigenvalue weighted by atomic mass is 10.1. The predicted molar refractivity (Wildman–Crippen MR) is 83.0 cm³/mol. The molecule has 0 aliphatic carbocycles. The van der Waals surface area contributed by atoms with Crippen LogP contribution in [-0.4, -0.2) is 0 Å². The molecule has 0 atom stereocenters. The molecule has 0 N–H and O–H groups in total. The van der Waals surface area contributed by atoms with Crippen LogP contribution in [0.2, 0.25) is 0 Å². The summed E-state index contributed by atoms with van der Waals surface area (Å²) in [6.45, 7) is 0. The van der Waals surface area contributed by atoms with Gasteiger partial charge in [-0.25, -0.2) is 0 Å². The molecule has 0 saturated heterocycles. The molecule has 94 valence electrons. The molecule has 0 bridgehead atoms. The Labute approximate surface area is 117 Å². The summed E-state index contributed by atoms with van der Waals surface area (Å²) in [6.07, 6.45) is 2.22. The normalized spacial score (nSPS) is 11.0. The molecule has 0 spiro atoms. The monoisotopic (exact) mass is 256 g/mol. The van der Waals surface area contributed by atoms with Gasteiger partial charge < -0.3 is 0 Å². The van der Waals surface area contributed by atoms with Crippen molar-refractivity contribution < 1.29 is 4.57 Å². The third-order valence-electron chi connectivity index (χ3n) is 3.72. The highest BCUT2D eigenvalue weighted by Gasteiger charge is 2.14.